The largest absolute Gasteiger partial charge is 0.369 e. The first-order valence-electron chi connectivity index (χ1n) is 10.5. The van der Waals surface area contributed by atoms with E-state index < -0.39 is 0 Å². The first-order chi connectivity index (χ1) is 14.0. The van der Waals surface area contributed by atoms with E-state index in [1.165, 1.54) is 0 Å². The number of hydrogen-bond acceptors (Lipinski definition) is 5. The van der Waals surface area contributed by atoms with Gasteiger partial charge in [-0.2, -0.15) is 5.26 Å². The predicted octanol–water partition coefficient (Wildman–Crippen LogP) is 3.09. The summed E-state index contributed by atoms with van der Waals surface area (Å²) in [5.41, 5.74) is 3.39. The number of nitrogens with zero attached hydrogens (tertiary/aromatic N) is 3. The van der Waals surface area contributed by atoms with Crippen molar-refractivity contribution in [2.75, 3.05) is 31.1 Å². The summed E-state index contributed by atoms with van der Waals surface area (Å²) in [6.07, 6.45) is 7.10. The molecule has 6 nitrogen and oxygen atoms in total. The van der Waals surface area contributed by atoms with Crippen LogP contribution in [0.4, 0.5) is 11.4 Å². The van der Waals surface area contributed by atoms with E-state index in [4.69, 9.17) is 0 Å². The number of rotatable bonds is 6. The molecule has 0 aromatic heterocycles. The molecule has 2 saturated heterocycles. The van der Waals surface area contributed by atoms with E-state index in [2.05, 4.69) is 33.5 Å². The maximum absolute atomic E-state index is 12.4. The number of amides is 1. The first-order valence-corrected chi connectivity index (χ1v) is 10.5. The van der Waals surface area contributed by atoms with Gasteiger partial charge in [0.2, 0.25) is 5.91 Å². The van der Waals surface area contributed by atoms with Crippen molar-refractivity contribution in [1.29, 1.82) is 5.26 Å². The number of anilines is 1. The molecule has 1 aromatic carbocycles. The lowest BCUT2D eigenvalue weighted by molar-refractivity contribution is -0.123. The molecule has 0 saturated carbocycles. The van der Waals surface area contributed by atoms with Gasteiger partial charge in [0.25, 0.3) is 0 Å². The number of aliphatic imine (C=N–C) groups is 1. The van der Waals surface area contributed by atoms with Crippen molar-refractivity contribution >= 4 is 23.5 Å². The summed E-state index contributed by atoms with van der Waals surface area (Å²) in [7, 11) is 0. The van der Waals surface area contributed by atoms with Gasteiger partial charge in [-0.05, 0) is 69.0 Å². The van der Waals surface area contributed by atoms with Gasteiger partial charge in [0.15, 0.2) is 0 Å². The minimum absolute atomic E-state index is 0.143. The molecule has 2 aliphatic heterocycles. The molecule has 1 aromatic rings. The molecule has 2 aliphatic rings. The van der Waals surface area contributed by atoms with Crippen molar-refractivity contribution in [3.05, 3.63) is 35.4 Å². The minimum atomic E-state index is 0.143. The third-order valence-electron chi connectivity index (χ3n) is 5.71. The molecule has 0 unspecified atom stereocenters. The smallest absolute Gasteiger partial charge is 0.220 e. The van der Waals surface area contributed by atoms with Crippen LogP contribution in [0.25, 0.3) is 0 Å². The summed E-state index contributed by atoms with van der Waals surface area (Å²) in [4.78, 5) is 19.2. The van der Waals surface area contributed by atoms with Crippen LogP contribution in [-0.4, -0.2) is 44.3 Å². The Labute approximate surface area is 173 Å². The number of piperidine rings is 1. The quantitative estimate of drug-likeness (QED) is 0.728. The highest BCUT2D eigenvalue weighted by molar-refractivity contribution is 5.79. The molecule has 3 rings (SSSR count). The zero-order valence-electron chi connectivity index (χ0n) is 17.6. The molecule has 2 atom stereocenters. The van der Waals surface area contributed by atoms with E-state index in [0.29, 0.717) is 23.8 Å². The van der Waals surface area contributed by atoms with Crippen molar-refractivity contribution in [2.45, 2.75) is 39.7 Å². The number of carbonyl (C=O) groups excluding carboxylic acids is 1. The Morgan fingerprint density at radius 3 is 2.86 bits per heavy atom. The van der Waals surface area contributed by atoms with Crippen LogP contribution < -0.4 is 15.5 Å². The molecule has 154 valence electrons. The molecular weight excluding hydrogens is 362 g/mol. The Morgan fingerprint density at radius 2 is 2.21 bits per heavy atom. The molecule has 0 aliphatic carbocycles. The van der Waals surface area contributed by atoms with E-state index in [-0.39, 0.29) is 11.9 Å². The second kappa shape index (κ2) is 9.71. The Bertz CT molecular complexity index is 834. The number of carbonyl (C=O) groups is 1. The van der Waals surface area contributed by atoms with E-state index in [1.54, 1.807) is 6.21 Å². The second-order valence-corrected chi connectivity index (χ2v) is 8.26. The van der Waals surface area contributed by atoms with E-state index in [1.807, 2.05) is 38.1 Å². The number of benzene rings is 1. The summed E-state index contributed by atoms with van der Waals surface area (Å²) in [5.74, 6) is 1.11. The lowest BCUT2D eigenvalue weighted by Crippen LogP contribution is -2.52. The lowest BCUT2D eigenvalue weighted by Gasteiger charge is -2.39. The fourth-order valence-corrected chi connectivity index (χ4v) is 4.19. The first kappa shape index (κ1) is 21.1. The normalized spacial score (nSPS) is 22.6. The molecule has 2 N–H and O–H groups in total. The fraction of sp³-hybridized carbons (Fsp3) is 0.522. The molecule has 0 bridgehead atoms. The maximum atomic E-state index is 12.4. The SMILES string of the molecule is C/C=C/C=N\c1c(C#N)ccc(N2C[C@@H](C)C[C@@H](NC(=O)CC3CNC3)C2)c1C. The lowest BCUT2D eigenvalue weighted by atomic mass is 9.93. The van der Waals surface area contributed by atoms with Gasteiger partial charge in [0, 0.05) is 37.5 Å². The second-order valence-electron chi connectivity index (χ2n) is 8.26. The standard InChI is InChI=1S/C23H31N5O/c1-4-5-8-26-23-17(3)21(7-6-19(23)11-24)28-14-16(2)9-20(15-28)27-22(29)10-18-12-25-13-18/h4-8,16,18,20,25H,9-10,12-15H2,1-3H3,(H,27,29)/b5-4+,26-8-/t16-,20+/m0/s1. The monoisotopic (exact) mass is 393 g/mol. The van der Waals surface area contributed by atoms with Crippen molar-refractivity contribution in [3.8, 4) is 6.07 Å². The Hall–Kier alpha value is -2.65. The molecule has 2 fully saturated rings. The maximum Gasteiger partial charge on any atom is 0.220 e. The average molecular weight is 394 g/mol. The zero-order valence-corrected chi connectivity index (χ0v) is 17.6. The van der Waals surface area contributed by atoms with Gasteiger partial charge in [0.1, 0.15) is 6.07 Å². The summed E-state index contributed by atoms with van der Waals surface area (Å²) in [6, 6.07) is 6.25. The Kier molecular flexibility index (Phi) is 7.05. The van der Waals surface area contributed by atoms with Gasteiger partial charge in [-0.25, -0.2) is 0 Å². The van der Waals surface area contributed by atoms with Crippen molar-refractivity contribution < 1.29 is 4.79 Å². The Balaban J connectivity index is 1.76. The number of allylic oxidation sites excluding steroid dienone is 2. The van der Waals surface area contributed by atoms with E-state index in [0.717, 1.165) is 49.5 Å². The molecule has 0 radical (unpaired) electrons. The third kappa shape index (κ3) is 5.24. The van der Waals surface area contributed by atoms with Crippen LogP contribution >= 0.6 is 0 Å². The molecule has 0 spiro atoms. The number of hydrogen-bond donors (Lipinski definition) is 2. The number of nitriles is 1. The van der Waals surface area contributed by atoms with Crippen molar-refractivity contribution in [3.63, 3.8) is 0 Å². The van der Waals surface area contributed by atoms with Gasteiger partial charge in [-0.1, -0.05) is 13.0 Å². The van der Waals surface area contributed by atoms with Gasteiger partial charge in [-0.15, -0.1) is 0 Å². The van der Waals surface area contributed by atoms with Crippen LogP contribution in [0.2, 0.25) is 0 Å². The van der Waals surface area contributed by atoms with Gasteiger partial charge >= 0.3 is 0 Å². The molecule has 2 heterocycles. The fourth-order valence-electron chi connectivity index (χ4n) is 4.19. The number of nitrogens with one attached hydrogen (secondary N) is 2. The average Bonchev–Trinajstić information content (AvgIpc) is 2.65. The highest BCUT2D eigenvalue weighted by atomic mass is 16.1. The van der Waals surface area contributed by atoms with E-state index >= 15 is 0 Å². The molecule has 29 heavy (non-hydrogen) atoms. The van der Waals surface area contributed by atoms with E-state index in [9.17, 15) is 10.1 Å². The zero-order chi connectivity index (χ0) is 20.8. The highest BCUT2D eigenvalue weighted by Gasteiger charge is 2.29. The Morgan fingerprint density at radius 1 is 1.41 bits per heavy atom. The highest BCUT2D eigenvalue weighted by Crippen LogP contribution is 2.34. The van der Waals surface area contributed by atoms with Crippen LogP contribution in [-0.2, 0) is 4.79 Å². The van der Waals surface area contributed by atoms with Crippen LogP contribution in [0.15, 0.2) is 29.3 Å². The summed E-state index contributed by atoms with van der Waals surface area (Å²) in [5, 5.41) is 15.9. The minimum Gasteiger partial charge on any atom is -0.369 e. The summed E-state index contributed by atoms with van der Waals surface area (Å²) >= 11 is 0. The third-order valence-corrected chi connectivity index (χ3v) is 5.71. The van der Waals surface area contributed by atoms with Crippen LogP contribution in [0.5, 0.6) is 0 Å². The van der Waals surface area contributed by atoms with Crippen LogP contribution in [0, 0.1) is 30.1 Å². The van der Waals surface area contributed by atoms with Crippen LogP contribution in [0.1, 0.15) is 37.8 Å². The molecule has 1 amide bonds. The van der Waals surface area contributed by atoms with Crippen molar-refractivity contribution in [2.24, 2.45) is 16.8 Å². The molecule has 6 heteroatoms. The van der Waals surface area contributed by atoms with Gasteiger partial charge < -0.3 is 15.5 Å². The van der Waals surface area contributed by atoms with Crippen molar-refractivity contribution in [1.82, 2.24) is 10.6 Å². The molecular formula is C23H31N5O. The summed E-state index contributed by atoms with van der Waals surface area (Å²) < 4.78 is 0. The topological polar surface area (TPSA) is 80.5 Å². The van der Waals surface area contributed by atoms with Gasteiger partial charge in [0.05, 0.1) is 11.3 Å². The van der Waals surface area contributed by atoms with Gasteiger partial charge in [-0.3, -0.25) is 9.79 Å². The predicted molar refractivity (Wildman–Crippen MR) is 118 cm³/mol. The summed E-state index contributed by atoms with van der Waals surface area (Å²) in [6.45, 7) is 9.79. The van der Waals surface area contributed by atoms with Crippen LogP contribution in [0.3, 0.4) is 0 Å².